The van der Waals surface area contributed by atoms with Gasteiger partial charge in [0.2, 0.25) is 0 Å². The van der Waals surface area contributed by atoms with Crippen LogP contribution in [0, 0.1) is 0 Å². The molecule has 0 atom stereocenters. The fraction of sp³-hybridized carbons (Fsp3) is 0.778. The average molecular weight is 143 g/mol. The van der Waals surface area contributed by atoms with Gasteiger partial charge < -0.3 is 4.90 Å². The highest BCUT2D eigenvalue weighted by Gasteiger charge is 1.90. The molecule has 0 amide bonds. The van der Waals surface area contributed by atoms with Crippen LogP contribution in [0.4, 0.5) is 0 Å². The number of hydrogen-bond acceptors (Lipinski definition) is 1. The number of hydrogen-bond donors (Lipinski definition) is 0. The molecule has 0 aliphatic carbocycles. The van der Waals surface area contributed by atoms with E-state index in [4.69, 9.17) is 0 Å². The zero-order valence-electron chi connectivity index (χ0n) is 7.85. The van der Waals surface area contributed by atoms with Crippen molar-refractivity contribution >= 4 is 0 Å². The minimum atomic E-state index is 1.02. The number of nitrogens with zero attached hydrogens (tertiary/aromatic N) is 1. The van der Waals surface area contributed by atoms with Crippen molar-refractivity contribution in [2.24, 2.45) is 0 Å². The first-order valence-corrected chi connectivity index (χ1v) is 4.18. The monoisotopic (exact) mass is 143 g/mol. The Hall–Kier alpha value is -0.300. The second-order valence-electron chi connectivity index (χ2n) is 1.77. The van der Waals surface area contributed by atoms with Crippen LogP contribution in [0.1, 0.15) is 27.7 Å². The summed E-state index contributed by atoms with van der Waals surface area (Å²) in [4.78, 5) is 2.31. The largest absolute Gasteiger partial charge is 0.300 e. The van der Waals surface area contributed by atoms with Crippen LogP contribution < -0.4 is 0 Å². The maximum Gasteiger partial charge on any atom is 0.0160 e. The van der Waals surface area contributed by atoms with Gasteiger partial charge in [0, 0.05) is 6.54 Å². The fourth-order valence-electron chi connectivity index (χ4n) is 0.664. The van der Waals surface area contributed by atoms with Gasteiger partial charge in [-0.1, -0.05) is 33.8 Å². The minimum Gasteiger partial charge on any atom is -0.300 e. The van der Waals surface area contributed by atoms with E-state index in [1.165, 1.54) is 0 Å². The highest BCUT2D eigenvalue weighted by Crippen LogP contribution is 1.84. The van der Waals surface area contributed by atoms with Gasteiger partial charge in [0.25, 0.3) is 0 Å². The Balaban J connectivity index is 0. The molecule has 1 heteroatoms. The lowest BCUT2D eigenvalue weighted by Gasteiger charge is -2.14. The van der Waals surface area contributed by atoms with E-state index < -0.39 is 0 Å². The lowest BCUT2D eigenvalue weighted by atomic mass is 10.5. The van der Waals surface area contributed by atoms with E-state index in [2.05, 4.69) is 25.3 Å². The van der Waals surface area contributed by atoms with Gasteiger partial charge in [0.15, 0.2) is 0 Å². The minimum absolute atomic E-state index is 1.02. The Labute approximate surface area is 65.7 Å². The molecule has 1 nitrogen and oxygen atoms in total. The predicted molar refractivity (Wildman–Crippen MR) is 49.3 cm³/mol. The first-order valence-electron chi connectivity index (χ1n) is 4.18. The Morgan fingerprint density at radius 2 is 1.60 bits per heavy atom. The van der Waals surface area contributed by atoms with E-state index in [9.17, 15) is 0 Å². The Bertz CT molecular complexity index is 55.7. The zero-order valence-corrected chi connectivity index (χ0v) is 7.85. The lowest BCUT2D eigenvalue weighted by Crippen LogP contribution is -2.22. The first kappa shape index (κ1) is 12.4. The van der Waals surface area contributed by atoms with Gasteiger partial charge in [-0.25, -0.2) is 0 Å². The van der Waals surface area contributed by atoms with Gasteiger partial charge in [0.1, 0.15) is 0 Å². The smallest absolute Gasteiger partial charge is 0.0160 e. The third kappa shape index (κ3) is 7.70. The maximum absolute atomic E-state index is 3.65. The molecular formula is C9H21N. The van der Waals surface area contributed by atoms with E-state index in [0.29, 0.717) is 0 Å². The van der Waals surface area contributed by atoms with E-state index in [0.717, 1.165) is 19.6 Å². The molecule has 0 bridgehead atoms. The van der Waals surface area contributed by atoms with Crippen LogP contribution in [0.25, 0.3) is 0 Å². The molecule has 10 heavy (non-hydrogen) atoms. The van der Waals surface area contributed by atoms with Gasteiger partial charge in [-0.05, 0) is 13.1 Å². The number of likely N-dealkylation sites (N-methyl/N-ethyl adjacent to an activating group) is 1. The van der Waals surface area contributed by atoms with Crippen molar-refractivity contribution < 1.29 is 0 Å². The highest BCUT2D eigenvalue weighted by atomic mass is 15.1. The van der Waals surface area contributed by atoms with Crippen LogP contribution >= 0.6 is 0 Å². The Morgan fingerprint density at radius 1 is 1.20 bits per heavy atom. The van der Waals surface area contributed by atoms with E-state index in [1.54, 1.807) is 0 Å². The molecule has 0 aromatic heterocycles. The van der Waals surface area contributed by atoms with Gasteiger partial charge in [-0.15, -0.1) is 6.58 Å². The average Bonchev–Trinajstić information content (AvgIpc) is 2.04. The first-order chi connectivity index (χ1) is 4.85. The Morgan fingerprint density at radius 3 is 1.70 bits per heavy atom. The molecule has 0 unspecified atom stereocenters. The van der Waals surface area contributed by atoms with Crippen LogP contribution in [-0.4, -0.2) is 24.5 Å². The summed E-state index contributed by atoms with van der Waals surface area (Å²) >= 11 is 0. The topological polar surface area (TPSA) is 3.24 Å². The van der Waals surface area contributed by atoms with E-state index in [1.807, 2.05) is 19.9 Å². The third-order valence-electron chi connectivity index (χ3n) is 1.28. The van der Waals surface area contributed by atoms with Gasteiger partial charge in [0.05, 0.1) is 0 Å². The summed E-state index contributed by atoms with van der Waals surface area (Å²) in [5.41, 5.74) is 0. The molecule has 0 aliphatic rings. The van der Waals surface area contributed by atoms with Crippen molar-refractivity contribution in [2.75, 3.05) is 19.6 Å². The summed E-state index contributed by atoms with van der Waals surface area (Å²) in [6.07, 6.45) is 1.94. The summed E-state index contributed by atoms with van der Waals surface area (Å²) < 4.78 is 0. The third-order valence-corrected chi connectivity index (χ3v) is 1.28. The van der Waals surface area contributed by atoms with Crippen LogP contribution in [0.5, 0.6) is 0 Å². The molecule has 0 spiro atoms. The molecule has 0 rings (SSSR count). The number of rotatable bonds is 4. The molecule has 0 saturated heterocycles. The molecule has 0 heterocycles. The molecule has 0 N–H and O–H groups in total. The van der Waals surface area contributed by atoms with Crippen molar-refractivity contribution in [1.82, 2.24) is 4.90 Å². The van der Waals surface area contributed by atoms with Crippen LogP contribution in [-0.2, 0) is 0 Å². The van der Waals surface area contributed by atoms with Crippen LogP contribution in [0.3, 0.4) is 0 Å². The zero-order chi connectivity index (χ0) is 8.41. The quantitative estimate of drug-likeness (QED) is 0.547. The normalized spacial score (nSPS) is 8.50. The molecular weight excluding hydrogens is 122 g/mol. The van der Waals surface area contributed by atoms with Crippen molar-refractivity contribution in [3.8, 4) is 0 Å². The molecule has 0 saturated carbocycles. The summed E-state index contributed by atoms with van der Waals surface area (Å²) in [5.74, 6) is 0. The molecule has 0 aromatic rings. The summed E-state index contributed by atoms with van der Waals surface area (Å²) in [5, 5.41) is 0. The summed E-state index contributed by atoms with van der Waals surface area (Å²) in [6, 6.07) is 0. The second kappa shape index (κ2) is 11.5. The molecule has 0 aliphatic heterocycles. The predicted octanol–water partition coefficient (Wildman–Crippen LogP) is 2.54. The van der Waals surface area contributed by atoms with Gasteiger partial charge in [-0.3, -0.25) is 0 Å². The summed E-state index contributed by atoms with van der Waals surface area (Å²) in [6.45, 7) is 15.2. The fourth-order valence-corrected chi connectivity index (χ4v) is 0.664. The lowest BCUT2D eigenvalue weighted by molar-refractivity contribution is 0.337. The Kier molecular flexibility index (Phi) is 14.2. The molecule has 0 aromatic carbocycles. The SMILES string of the molecule is C=CCN(CC)CC.CC. The maximum atomic E-state index is 3.65. The van der Waals surface area contributed by atoms with Gasteiger partial charge in [-0.2, -0.15) is 0 Å². The van der Waals surface area contributed by atoms with Crippen molar-refractivity contribution in [3.63, 3.8) is 0 Å². The van der Waals surface area contributed by atoms with Gasteiger partial charge >= 0.3 is 0 Å². The van der Waals surface area contributed by atoms with Crippen molar-refractivity contribution in [3.05, 3.63) is 12.7 Å². The summed E-state index contributed by atoms with van der Waals surface area (Å²) in [7, 11) is 0. The second-order valence-corrected chi connectivity index (χ2v) is 1.77. The molecule has 0 fully saturated rings. The molecule has 62 valence electrons. The highest BCUT2D eigenvalue weighted by molar-refractivity contribution is 4.71. The van der Waals surface area contributed by atoms with Crippen molar-refractivity contribution in [2.45, 2.75) is 27.7 Å². The van der Waals surface area contributed by atoms with Crippen LogP contribution in [0.2, 0.25) is 0 Å². The van der Waals surface area contributed by atoms with Crippen LogP contribution in [0.15, 0.2) is 12.7 Å². The standard InChI is InChI=1S/C7H15N.C2H6/c1-4-7-8(5-2)6-3;1-2/h4H,1,5-7H2,2-3H3;1-2H3. The van der Waals surface area contributed by atoms with E-state index >= 15 is 0 Å². The molecule has 0 radical (unpaired) electrons. The van der Waals surface area contributed by atoms with E-state index in [-0.39, 0.29) is 0 Å². The van der Waals surface area contributed by atoms with Crippen molar-refractivity contribution in [1.29, 1.82) is 0 Å².